The van der Waals surface area contributed by atoms with Gasteiger partial charge in [-0.2, -0.15) is 0 Å². The van der Waals surface area contributed by atoms with Gasteiger partial charge in [0.2, 0.25) is 0 Å². The minimum absolute atomic E-state index is 0.294. The van der Waals surface area contributed by atoms with Crippen molar-refractivity contribution in [1.82, 2.24) is 9.88 Å². The van der Waals surface area contributed by atoms with E-state index in [1.165, 1.54) is 29.2 Å². The number of nitrogens with one attached hydrogen (secondary N) is 1. The molecule has 7 nitrogen and oxygen atoms in total. The monoisotopic (exact) mass is 484 g/mol. The summed E-state index contributed by atoms with van der Waals surface area (Å²) in [4.78, 5) is 18.9. The molecule has 0 aliphatic carbocycles. The number of anilines is 1. The molecule has 180 valence electrons. The second-order valence-corrected chi connectivity index (χ2v) is 8.99. The SMILES string of the molecule is C[C@H](NCCCn1c(-c2ccc(N3CCOCC3)cc2)csc1=Nc1ccc(F)cc1)C(=O)O. The minimum atomic E-state index is -0.865. The molecule has 1 aliphatic rings. The van der Waals surface area contributed by atoms with Crippen molar-refractivity contribution in [3.05, 3.63) is 64.5 Å². The van der Waals surface area contributed by atoms with Gasteiger partial charge in [0.25, 0.3) is 0 Å². The normalized spacial score (nSPS) is 15.5. The number of nitrogens with zero attached hydrogens (tertiary/aromatic N) is 3. The van der Waals surface area contributed by atoms with Crippen molar-refractivity contribution in [2.45, 2.75) is 25.9 Å². The molecule has 0 spiro atoms. The molecule has 1 saturated heterocycles. The predicted molar refractivity (Wildman–Crippen MR) is 132 cm³/mol. The summed E-state index contributed by atoms with van der Waals surface area (Å²) in [6.07, 6.45) is 0.740. The van der Waals surface area contributed by atoms with Gasteiger partial charge in [-0.05, 0) is 61.9 Å². The first-order chi connectivity index (χ1) is 16.5. The van der Waals surface area contributed by atoms with Gasteiger partial charge in [-0.25, -0.2) is 9.38 Å². The lowest BCUT2D eigenvalue weighted by molar-refractivity contribution is -0.138. The van der Waals surface area contributed by atoms with Gasteiger partial charge in [0.15, 0.2) is 4.80 Å². The second kappa shape index (κ2) is 11.4. The molecule has 0 amide bonds. The Bertz CT molecular complexity index is 1150. The molecule has 0 saturated carbocycles. The van der Waals surface area contributed by atoms with Gasteiger partial charge in [0, 0.05) is 30.7 Å². The van der Waals surface area contributed by atoms with Gasteiger partial charge < -0.3 is 24.6 Å². The molecule has 2 aromatic carbocycles. The van der Waals surface area contributed by atoms with Crippen molar-refractivity contribution in [2.24, 2.45) is 4.99 Å². The predicted octanol–water partition coefficient (Wildman–Crippen LogP) is 3.88. The number of benzene rings is 2. The first kappa shape index (κ1) is 24.1. The second-order valence-electron chi connectivity index (χ2n) is 8.16. The van der Waals surface area contributed by atoms with Crippen LogP contribution in [0.3, 0.4) is 0 Å². The highest BCUT2D eigenvalue weighted by Crippen LogP contribution is 2.25. The average molecular weight is 485 g/mol. The summed E-state index contributed by atoms with van der Waals surface area (Å²) in [6, 6.07) is 14.0. The third-order valence-electron chi connectivity index (χ3n) is 5.77. The smallest absolute Gasteiger partial charge is 0.320 e. The first-order valence-corrected chi connectivity index (χ1v) is 12.3. The fourth-order valence-electron chi connectivity index (χ4n) is 3.80. The van der Waals surface area contributed by atoms with Gasteiger partial charge in [0.05, 0.1) is 24.6 Å². The molecule has 34 heavy (non-hydrogen) atoms. The van der Waals surface area contributed by atoms with Crippen molar-refractivity contribution in [3.63, 3.8) is 0 Å². The van der Waals surface area contributed by atoms with E-state index in [0.717, 1.165) is 48.8 Å². The van der Waals surface area contributed by atoms with Crippen LogP contribution < -0.4 is 15.0 Å². The maximum atomic E-state index is 13.3. The van der Waals surface area contributed by atoms with E-state index >= 15 is 0 Å². The van der Waals surface area contributed by atoms with Gasteiger partial charge >= 0.3 is 5.97 Å². The third kappa shape index (κ3) is 6.11. The molecule has 1 atom stereocenters. The van der Waals surface area contributed by atoms with Crippen molar-refractivity contribution in [3.8, 4) is 11.3 Å². The zero-order valence-corrected chi connectivity index (χ0v) is 19.9. The molecule has 0 radical (unpaired) electrons. The lowest BCUT2D eigenvalue weighted by atomic mass is 10.1. The topological polar surface area (TPSA) is 79.1 Å². The number of hydrogen-bond donors (Lipinski definition) is 2. The number of halogens is 1. The van der Waals surface area contributed by atoms with Gasteiger partial charge in [-0.1, -0.05) is 12.1 Å². The van der Waals surface area contributed by atoms with Crippen LogP contribution in [0.2, 0.25) is 0 Å². The maximum Gasteiger partial charge on any atom is 0.320 e. The Morgan fingerprint density at radius 1 is 1.18 bits per heavy atom. The highest BCUT2D eigenvalue weighted by Gasteiger charge is 2.14. The van der Waals surface area contributed by atoms with Crippen molar-refractivity contribution in [1.29, 1.82) is 0 Å². The summed E-state index contributed by atoms with van der Waals surface area (Å²) in [6.45, 7) is 6.15. The van der Waals surface area contributed by atoms with Gasteiger partial charge in [-0.15, -0.1) is 11.3 Å². The quantitative estimate of drug-likeness (QED) is 0.451. The third-order valence-corrected chi connectivity index (χ3v) is 6.63. The van der Waals surface area contributed by atoms with Crippen LogP contribution in [0.4, 0.5) is 15.8 Å². The largest absolute Gasteiger partial charge is 0.480 e. The number of ether oxygens (including phenoxy) is 1. The first-order valence-electron chi connectivity index (χ1n) is 11.4. The van der Waals surface area contributed by atoms with E-state index < -0.39 is 12.0 Å². The molecule has 0 bridgehead atoms. The van der Waals surface area contributed by atoms with E-state index in [4.69, 9.17) is 14.8 Å². The Balaban J connectivity index is 1.58. The fourth-order valence-corrected chi connectivity index (χ4v) is 4.75. The minimum Gasteiger partial charge on any atom is -0.480 e. The lowest BCUT2D eigenvalue weighted by Gasteiger charge is -2.28. The Hall–Kier alpha value is -3.01. The molecular formula is C25H29FN4O3S. The van der Waals surface area contributed by atoms with E-state index in [0.29, 0.717) is 18.8 Å². The van der Waals surface area contributed by atoms with E-state index in [1.54, 1.807) is 19.1 Å². The van der Waals surface area contributed by atoms with Crippen LogP contribution in [0.5, 0.6) is 0 Å². The zero-order chi connectivity index (χ0) is 23.9. The van der Waals surface area contributed by atoms with Crippen molar-refractivity contribution < 1.29 is 19.0 Å². The molecule has 1 aromatic heterocycles. The Labute approximate surface area is 202 Å². The van der Waals surface area contributed by atoms with Crippen LogP contribution in [0.1, 0.15) is 13.3 Å². The fraction of sp³-hybridized carbons (Fsp3) is 0.360. The number of hydrogen-bond acceptors (Lipinski definition) is 6. The Kier molecular flexibility index (Phi) is 8.10. The van der Waals surface area contributed by atoms with E-state index in [9.17, 15) is 9.18 Å². The van der Waals surface area contributed by atoms with E-state index in [2.05, 4.69) is 44.4 Å². The molecule has 2 N–H and O–H groups in total. The average Bonchev–Trinajstić information content (AvgIpc) is 3.25. The number of carboxylic acids is 1. The van der Waals surface area contributed by atoms with Crippen molar-refractivity contribution >= 4 is 28.7 Å². The number of aromatic nitrogens is 1. The summed E-state index contributed by atoms with van der Waals surface area (Å²) >= 11 is 1.53. The summed E-state index contributed by atoms with van der Waals surface area (Å²) in [7, 11) is 0. The van der Waals surface area contributed by atoms with Crippen LogP contribution in [-0.4, -0.2) is 54.5 Å². The van der Waals surface area contributed by atoms with Crippen LogP contribution in [0, 0.1) is 5.82 Å². The maximum absolute atomic E-state index is 13.3. The summed E-state index contributed by atoms with van der Waals surface area (Å²) in [5.41, 5.74) is 3.99. The molecule has 1 aliphatic heterocycles. The number of morpholine rings is 1. The zero-order valence-electron chi connectivity index (χ0n) is 19.1. The Morgan fingerprint density at radius 3 is 2.56 bits per heavy atom. The van der Waals surface area contributed by atoms with Gasteiger partial charge in [-0.3, -0.25) is 4.79 Å². The van der Waals surface area contributed by atoms with Gasteiger partial charge in [0.1, 0.15) is 11.9 Å². The number of thiazole rings is 1. The summed E-state index contributed by atoms with van der Waals surface area (Å²) in [5.74, 6) is -1.16. The van der Waals surface area contributed by atoms with Crippen molar-refractivity contribution in [2.75, 3.05) is 37.7 Å². The number of rotatable bonds is 9. The molecule has 9 heteroatoms. The molecule has 1 fully saturated rings. The molecule has 4 rings (SSSR count). The molecule has 3 aromatic rings. The van der Waals surface area contributed by atoms with Crippen LogP contribution in [0.15, 0.2) is 58.9 Å². The highest BCUT2D eigenvalue weighted by molar-refractivity contribution is 7.07. The van der Waals surface area contributed by atoms with E-state index in [1.807, 2.05) is 0 Å². The standard InChI is InChI=1S/C25H29FN4O3S/c1-18(24(31)32)27-11-2-12-30-23(17-34-25(30)28-21-7-5-20(26)6-8-21)19-3-9-22(10-4-19)29-13-15-33-16-14-29/h3-10,17-18,27H,2,11-16H2,1H3,(H,31,32)/t18-/m0/s1. The lowest BCUT2D eigenvalue weighted by Crippen LogP contribution is -2.36. The highest BCUT2D eigenvalue weighted by atomic mass is 32.1. The van der Waals surface area contributed by atoms with Crippen LogP contribution >= 0.6 is 11.3 Å². The molecule has 0 unspecified atom stereocenters. The molecular weight excluding hydrogens is 455 g/mol. The summed E-state index contributed by atoms with van der Waals surface area (Å²) < 4.78 is 20.9. The molecule has 2 heterocycles. The Morgan fingerprint density at radius 2 is 1.88 bits per heavy atom. The van der Waals surface area contributed by atoms with E-state index in [-0.39, 0.29) is 5.82 Å². The number of carbonyl (C=O) groups is 1. The summed E-state index contributed by atoms with van der Waals surface area (Å²) in [5, 5.41) is 14.2. The number of carboxylic acid groups (broad SMARTS) is 1. The van der Waals surface area contributed by atoms with Crippen LogP contribution in [-0.2, 0) is 16.1 Å². The number of aliphatic carboxylic acids is 1. The van der Waals surface area contributed by atoms with Crippen LogP contribution in [0.25, 0.3) is 11.3 Å².